The molecule has 6 nitrogen and oxygen atoms in total. The molecule has 0 radical (unpaired) electrons. The third-order valence-electron chi connectivity index (χ3n) is 4.87. The van der Waals surface area contributed by atoms with E-state index in [0.29, 0.717) is 19.8 Å². The van der Waals surface area contributed by atoms with Crippen molar-refractivity contribution in [2.24, 2.45) is 0 Å². The van der Waals surface area contributed by atoms with Crippen LogP contribution in [0.3, 0.4) is 0 Å². The van der Waals surface area contributed by atoms with Crippen LogP contribution in [0.2, 0.25) is 0 Å². The number of aromatic nitrogens is 3. The van der Waals surface area contributed by atoms with Gasteiger partial charge in [0, 0.05) is 18.8 Å². The molecule has 0 aliphatic carbocycles. The van der Waals surface area contributed by atoms with E-state index in [4.69, 9.17) is 9.47 Å². The maximum Gasteiger partial charge on any atom is 0.232 e. The van der Waals surface area contributed by atoms with E-state index < -0.39 is 0 Å². The summed E-state index contributed by atoms with van der Waals surface area (Å²) in [5.74, 6) is 2.57. The zero-order chi connectivity index (χ0) is 20.1. The van der Waals surface area contributed by atoms with Crippen LogP contribution < -0.4 is 9.64 Å². The normalized spacial score (nSPS) is 14.2. The van der Waals surface area contributed by atoms with Crippen molar-refractivity contribution in [1.82, 2.24) is 14.8 Å². The minimum atomic E-state index is 0.612. The summed E-state index contributed by atoms with van der Waals surface area (Å²) in [6, 6.07) is 16.5. The molecule has 1 aromatic heterocycles. The summed E-state index contributed by atoms with van der Waals surface area (Å²) in [5.41, 5.74) is 3.54. The van der Waals surface area contributed by atoms with Gasteiger partial charge in [-0.25, -0.2) is 0 Å². The fraction of sp³-hybridized carbons (Fsp3) is 0.364. The van der Waals surface area contributed by atoms with E-state index in [2.05, 4.69) is 69.9 Å². The Morgan fingerprint density at radius 1 is 1.00 bits per heavy atom. The Labute approximate surface area is 175 Å². The molecule has 7 heteroatoms. The van der Waals surface area contributed by atoms with Crippen molar-refractivity contribution >= 4 is 17.7 Å². The van der Waals surface area contributed by atoms with Crippen molar-refractivity contribution in [1.29, 1.82) is 0 Å². The standard InChI is InChI=1S/C22H26N4O2S/c1-17-7-9-19(10-8-17)28-15-16-29-22-24-23-21(25-11-13-27-14-12-25)26(22)20-6-4-3-5-18(20)2/h3-10H,11-16H2,1-2H3. The molecule has 0 saturated carbocycles. The molecule has 1 aliphatic heterocycles. The smallest absolute Gasteiger partial charge is 0.232 e. The number of aryl methyl sites for hydroxylation is 2. The molecule has 2 heterocycles. The predicted molar refractivity (Wildman–Crippen MR) is 117 cm³/mol. The Morgan fingerprint density at radius 3 is 2.52 bits per heavy atom. The molecule has 0 bridgehead atoms. The zero-order valence-corrected chi connectivity index (χ0v) is 17.7. The highest BCUT2D eigenvalue weighted by Gasteiger charge is 2.22. The molecule has 1 fully saturated rings. The Bertz CT molecular complexity index is 936. The van der Waals surface area contributed by atoms with E-state index in [9.17, 15) is 0 Å². The fourth-order valence-corrected chi connectivity index (χ4v) is 4.03. The molecule has 2 aromatic carbocycles. The van der Waals surface area contributed by atoms with E-state index in [-0.39, 0.29) is 0 Å². The SMILES string of the molecule is Cc1ccc(OCCSc2nnc(N3CCOCC3)n2-c2ccccc2C)cc1. The molecule has 29 heavy (non-hydrogen) atoms. The number of rotatable bonds is 7. The first-order valence-electron chi connectivity index (χ1n) is 9.89. The summed E-state index contributed by atoms with van der Waals surface area (Å²) in [6.45, 7) is 7.89. The summed E-state index contributed by atoms with van der Waals surface area (Å²) >= 11 is 1.66. The Morgan fingerprint density at radius 2 is 1.76 bits per heavy atom. The number of thioether (sulfide) groups is 1. The monoisotopic (exact) mass is 410 g/mol. The van der Waals surface area contributed by atoms with Crippen molar-refractivity contribution in [2.75, 3.05) is 43.6 Å². The molecule has 152 valence electrons. The van der Waals surface area contributed by atoms with Crippen LogP contribution in [-0.2, 0) is 4.74 Å². The lowest BCUT2D eigenvalue weighted by molar-refractivity contribution is 0.122. The molecule has 0 amide bonds. The van der Waals surface area contributed by atoms with Crippen LogP contribution >= 0.6 is 11.8 Å². The minimum Gasteiger partial charge on any atom is -0.493 e. The first-order chi connectivity index (χ1) is 14.2. The lowest BCUT2D eigenvalue weighted by Gasteiger charge is -2.28. The molecule has 0 spiro atoms. The molecule has 0 atom stereocenters. The van der Waals surface area contributed by atoms with Crippen LogP contribution in [0.25, 0.3) is 5.69 Å². The maximum absolute atomic E-state index is 5.87. The van der Waals surface area contributed by atoms with Crippen LogP contribution in [0.5, 0.6) is 5.75 Å². The summed E-state index contributed by atoms with van der Waals surface area (Å²) in [6.07, 6.45) is 0. The minimum absolute atomic E-state index is 0.612. The molecular weight excluding hydrogens is 384 g/mol. The summed E-state index contributed by atoms with van der Waals surface area (Å²) in [5, 5.41) is 9.91. The maximum atomic E-state index is 5.87. The number of ether oxygens (including phenoxy) is 2. The Balaban J connectivity index is 1.50. The number of anilines is 1. The van der Waals surface area contributed by atoms with Gasteiger partial charge in [-0.05, 0) is 37.6 Å². The van der Waals surface area contributed by atoms with Gasteiger partial charge in [0.2, 0.25) is 5.95 Å². The topological polar surface area (TPSA) is 52.4 Å². The molecular formula is C22H26N4O2S. The van der Waals surface area contributed by atoms with Gasteiger partial charge in [-0.15, -0.1) is 10.2 Å². The first kappa shape index (κ1) is 19.8. The second kappa shape index (κ2) is 9.33. The number of hydrogen-bond acceptors (Lipinski definition) is 6. The Kier molecular flexibility index (Phi) is 6.36. The van der Waals surface area contributed by atoms with Gasteiger partial charge in [0.25, 0.3) is 0 Å². The van der Waals surface area contributed by atoms with Gasteiger partial charge in [-0.1, -0.05) is 47.7 Å². The van der Waals surface area contributed by atoms with Gasteiger partial charge in [-0.3, -0.25) is 4.57 Å². The lowest BCUT2D eigenvalue weighted by Crippen LogP contribution is -2.38. The number of para-hydroxylation sites is 1. The summed E-state index contributed by atoms with van der Waals surface area (Å²) in [7, 11) is 0. The van der Waals surface area contributed by atoms with E-state index in [1.807, 2.05) is 12.1 Å². The number of benzene rings is 2. The van der Waals surface area contributed by atoms with Gasteiger partial charge < -0.3 is 14.4 Å². The third-order valence-corrected chi connectivity index (χ3v) is 5.76. The molecule has 0 N–H and O–H groups in total. The molecule has 1 aliphatic rings. The van der Waals surface area contributed by atoms with Crippen molar-refractivity contribution in [3.63, 3.8) is 0 Å². The van der Waals surface area contributed by atoms with Crippen LogP contribution in [0.15, 0.2) is 53.7 Å². The number of hydrogen-bond donors (Lipinski definition) is 0. The molecule has 4 rings (SSSR count). The van der Waals surface area contributed by atoms with Gasteiger partial charge in [0.05, 0.1) is 25.5 Å². The van der Waals surface area contributed by atoms with Crippen LogP contribution in [0.4, 0.5) is 5.95 Å². The van der Waals surface area contributed by atoms with Crippen molar-refractivity contribution in [3.8, 4) is 11.4 Å². The largest absolute Gasteiger partial charge is 0.493 e. The first-order valence-corrected chi connectivity index (χ1v) is 10.9. The molecule has 0 unspecified atom stereocenters. The average Bonchev–Trinajstić information content (AvgIpc) is 3.17. The van der Waals surface area contributed by atoms with Gasteiger partial charge in [0.15, 0.2) is 5.16 Å². The van der Waals surface area contributed by atoms with Crippen LogP contribution in [0.1, 0.15) is 11.1 Å². The van der Waals surface area contributed by atoms with E-state index in [1.54, 1.807) is 11.8 Å². The summed E-state index contributed by atoms with van der Waals surface area (Å²) in [4.78, 5) is 2.25. The quantitative estimate of drug-likeness (QED) is 0.435. The third kappa shape index (κ3) is 4.74. The van der Waals surface area contributed by atoms with E-state index in [0.717, 1.165) is 41.4 Å². The van der Waals surface area contributed by atoms with Crippen LogP contribution in [-0.4, -0.2) is 53.4 Å². The average molecular weight is 411 g/mol. The van der Waals surface area contributed by atoms with Gasteiger partial charge in [-0.2, -0.15) is 0 Å². The lowest BCUT2D eigenvalue weighted by atomic mass is 10.2. The van der Waals surface area contributed by atoms with E-state index in [1.165, 1.54) is 11.1 Å². The number of morpholine rings is 1. The van der Waals surface area contributed by atoms with Gasteiger partial charge in [0.1, 0.15) is 5.75 Å². The number of nitrogens with zero attached hydrogens (tertiary/aromatic N) is 4. The highest BCUT2D eigenvalue weighted by atomic mass is 32.2. The van der Waals surface area contributed by atoms with Crippen molar-refractivity contribution in [2.45, 2.75) is 19.0 Å². The van der Waals surface area contributed by atoms with Crippen molar-refractivity contribution in [3.05, 3.63) is 59.7 Å². The highest BCUT2D eigenvalue weighted by molar-refractivity contribution is 7.99. The fourth-order valence-electron chi connectivity index (χ4n) is 3.28. The second-order valence-electron chi connectivity index (χ2n) is 7.01. The highest BCUT2D eigenvalue weighted by Crippen LogP contribution is 2.28. The Hall–Kier alpha value is -2.51. The predicted octanol–water partition coefficient (Wildman–Crippen LogP) is 3.89. The van der Waals surface area contributed by atoms with E-state index >= 15 is 0 Å². The zero-order valence-electron chi connectivity index (χ0n) is 16.9. The molecule has 3 aromatic rings. The van der Waals surface area contributed by atoms with Crippen molar-refractivity contribution < 1.29 is 9.47 Å². The second-order valence-corrected chi connectivity index (χ2v) is 8.08. The summed E-state index contributed by atoms with van der Waals surface area (Å²) < 4.78 is 13.5. The molecule has 1 saturated heterocycles. The van der Waals surface area contributed by atoms with Gasteiger partial charge >= 0.3 is 0 Å². The van der Waals surface area contributed by atoms with Crippen LogP contribution in [0, 0.1) is 13.8 Å².